The highest BCUT2D eigenvalue weighted by atomic mass is 35.5. The van der Waals surface area contributed by atoms with Gasteiger partial charge >= 0.3 is 0 Å². The van der Waals surface area contributed by atoms with Gasteiger partial charge in [-0.1, -0.05) is 12.1 Å². The number of nitrogens with one attached hydrogen (secondary N) is 1. The number of hydrogen-bond acceptors (Lipinski definition) is 4. The van der Waals surface area contributed by atoms with E-state index < -0.39 is 5.41 Å². The molecule has 0 aliphatic carbocycles. The van der Waals surface area contributed by atoms with E-state index in [4.69, 9.17) is 16.6 Å². The van der Waals surface area contributed by atoms with Gasteiger partial charge in [0.05, 0.1) is 11.1 Å². The normalized spacial score (nSPS) is 11.3. The zero-order valence-electron chi connectivity index (χ0n) is 14.0. The van der Waals surface area contributed by atoms with Crippen molar-refractivity contribution in [2.75, 3.05) is 11.2 Å². The Morgan fingerprint density at radius 3 is 2.68 bits per heavy atom. The van der Waals surface area contributed by atoms with Crippen molar-refractivity contribution in [3.63, 3.8) is 0 Å². The Morgan fingerprint density at radius 2 is 1.96 bits per heavy atom. The lowest BCUT2D eigenvalue weighted by Gasteiger charge is -2.20. The van der Waals surface area contributed by atoms with E-state index in [0.717, 1.165) is 27.5 Å². The molecule has 1 N–H and O–H groups in total. The molecule has 0 aliphatic rings. The monoisotopic (exact) mass is 371 g/mol. The number of benzene rings is 1. The van der Waals surface area contributed by atoms with E-state index in [1.165, 1.54) is 0 Å². The van der Waals surface area contributed by atoms with Crippen LogP contribution in [-0.4, -0.2) is 21.8 Å². The van der Waals surface area contributed by atoms with Crippen LogP contribution in [-0.2, 0) is 4.79 Å². The number of anilines is 1. The van der Waals surface area contributed by atoms with Crippen LogP contribution in [0.25, 0.3) is 21.8 Å². The van der Waals surface area contributed by atoms with Gasteiger partial charge in [0, 0.05) is 40.5 Å². The SMILES string of the molecule is CC(C)(CCl)C(=O)Nc1cccc(-c2csc(-c3ccncc3)n2)c1. The maximum absolute atomic E-state index is 12.3. The molecule has 0 spiro atoms. The van der Waals surface area contributed by atoms with Crippen molar-refractivity contribution >= 4 is 34.5 Å². The predicted molar refractivity (Wildman–Crippen MR) is 104 cm³/mol. The third-order valence-corrected chi connectivity index (χ3v) is 5.36. The van der Waals surface area contributed by atoms with Crippen LogP contribution in [0.3, 0.4) is 0 Å². The first-order valence-electron chi connectivity index (χ1n) is 7.83. The lowest BCUT2D eigenvalue weighted by molar-refractivity contribution is -0.122. The number of thiazole rings is 1. The molecule has 1 aromatic carbocycles. The number of alkyl halides is 1. The number of aromatic nitrogens is 2. The van der Waals surface area contributed by atoms with Crippen molar-refractivity contribution < 1.29 is 4.79 Å². The third kappa shape index (κ3) is 4.06. The number of rotatable bonds is 5. The second kappa shape index (κ2) is 7.33. The molecule has 2 heterocycles. The standard InChI is InChI=1S/C19H18ClN3OS/c1-19(2,12-20)18(24)22-15-5-3-4-14(10-15)16-11-25-17(23-16)13-6-8-21-9-7-13/h3-11H,12H2,1-2H3,(H,22,24). The number of nitrogens with zero attached hydrogens (tertiary/aromatic N) is 2. The maximum atomic E-state index is 12.3. The van der Waals surface area contributed by atoms with E-state index in [-0.39, 0.29) is 11.8 Å². The smallest absolute Gasteiger partial charge is 0.231 e. The Bertz CT molecular complexity index is 877. The van der Waals surface area contributed by atoms with Crippen LogP contribution >= 0.6 is 22.9 Å². The molecule has 0 unspecified atom stereocenters. The van der Waals surface area contributed by atoms with Gasteiger partial charge in [0.2, 0.25) is 5.91 Å². The molecule has 0 fully saturated rings. The average Bonchev–Trinajstić information content (AvgIpc) is 3.13. The van der Waals surface area contributed by atoms with Crippen molar-refractivity contribution in [3.05, 3.63) is 54.2 Å². The summed E-state index contributed by atoms with van der Waals surface area (Å²) in [6.07, 6.45) is 3.51. The van der Waals surface area contributed by atoms with E-state index in [1.54, 1.807) is 23.7 Å². The molecule has 25 heavy (non-hydrogen) atoms. The summed E-state index contributed by atoms with van der Waals surface area (Å²) in [4.78, 5) is 21.0. The molecule has 3 aromatic rings. The molecule has 1 amide bonds. The predicted octanol–water partition coefficient (Wildman–Crippen LogP) is 5.08. The topological polar surface area (TPSA) is 54.9 Å². The molecule has 0 aliphatic heterocycles. The van der Waals surface area contributed by atoms with E-state index in [1.807, 2.05) is 55.6 Å². The average molecular weight is 372 g/mol. The van der Waals surface area contributed by atoms with Crippen LogP contribution in [0, 0.1) is 5.41 Å². The van der Waals surface area contributed by atoms with Crippen molar-refractivity contribution in [2.24, 2.45) is 5.41 Å². The number of pyridine rings is 1. The quantitative estimate of drug-likeness (QED) is 0.636. The summed E-state index contributed by atoms with van der Waals surface area (Å²) in [5.41, 5.74) is 2.99. The van der Waals surface area contributed by atoms with Crippen molar-refractivity contribution in [1.82, 2.24) is 9.97 Å². The summed E-state index contributed by atoms with van der Waals surface area (Å²) >= 11 is 7.45. The van der Waals surface area contributed by atoms with E-state index in [0.29, 0.717) is 0 Å². The number of carbonyl (C=O) groups excluding carboxylic acids is 1. The Balaban J connectivity index is 1.83. The Morgan fingerprint density at radius 1 is 1.20 bits per heavy atom. The van der Waals surface area contributed by atoms with Crippen molar-refractivity contribution in [3.8, 4) is 21.8 Å². The van der Waals surface area contributed by atoms with Gasteiger partial charge in [-0.3, -0.25) is 9.78 Å². The van der Waals surface area contributed by atoms with Crippen molar-refractivity contribution in [1.29, 1.82) is 0 Å². The molecule has 3 rings (SSSR count). The van der Waals surface area contributed by atoms with Gasteiger partial charge in [-0.15, -0.1) is 22.9 Å². The first-order chi connectivity index (χ1) is 12.0. The minimum absolute atomic E-state index is 0.101. The first-order valence-corrected chi connectivity index (χ1v) is 9.25. The molecule has 6 heteroatoms. The van der Waals surface area contributed by atoms with Crippen molar-refractivity contribution in [2.45, 2.75) is 13.8 Å². The third-order valence-electron chi connectivity index (χ3n) is 3.80. The fourth-order valence-corrected chi connectivity index (χ4v) is 3.11. The highest BCUT2D eigenvalue weighted by Gasteiger charge is 2.26. The molecular weight excluding hydrogens is 354 g/mol. The minimum Gasteiger partial charge on any atom is -0.326 e. The Kier molecular flexibility index (Phi) is 5.16. The number of hydrogen-bond donors (Lipinski definition) is 1. The fourth-order valence-electron chi connectivity index (χ4n) is 2.15. The number of halogens is 1. The van der Waals surface area contributed by atoms with Crippen LogP contribution in [0.4, 0.5) is 5.69 Å². The fraction of sp³-hybridized carbons (Fsp3) is 0.211. The van der Waals surface area contributed by atoms with E-state index >= 15 is 0 Å². The highest BCUT2D eigenvalue weighted by Crippen LogP contribution is 2.30. The van der Waals surface area contributed by atoms with Crippen LogP contribution in [0.1, 0.15) is 13.8 Å². The Labute approximate surface area is 155 Å². The molecule has 4 nitrogen and oxygen atoms in total. The second-order valence-corrected chi connectivity index (χ2v) is 7.45. The Hall–Kier alpha value is -2.24. The minimum atomic E-state index is -0.618. The molecule has 0 saturated carbocycles. The summed E-state index contributed by atoms with van der Waals surface area (Å²) in [6.45, 7) is 3.64. The maximum Gasteiger partial charge on any atom is 0.231 e. The molecule has 0 atom stereocenters. The zero-order chi connectivity index (χ0) is 17.9. The molecule has 2 aromatic heterocycles. The summed E-state index contributed by atoms with van der Waals surface area (Å²) in [5, 5.41) is 5.88. The molecule has 0 bridgehead atoms. The second-order valence-electron chi connectivity index (χ2n) is 6.33. The van der Waals surface area contributed by atoms with Gasteiger partial charge < -0.3 is 5.32 Å². The summed E-state index contributed by atoms with van der Waals surface area (Å²) < 4.78 is 0. The summed E-state index contributed by atoms with van der Waals surface area (Å²) in [7, 11) is 0. The van der Waals surface area contributed by atoms with Crippen LogP contribution in [0.15, 0.2) is 54.2 Å². The van der Waals surface area contributed by atoms with Gasteiger partial charge in [0.15, 0.2) is 0 Å². The van der Waals surface area contributed by atoms with Crippen LogP contribution in [0.5, 0.6) is 0 Å². The first kappa shape index (κ1) is 17.6. The van der Waals surface area contributed by atoms with Gasteiger partial charge in [0.1, 0.15) is 5.01 Å². The van der Waals surface area contributed by atoms with Crippen LogP contribution < -0.4 is 5.32 Å². The summed E-state index contributed by atoms with van der Waals surface area (Å²) in [6, 6.07) is 11.5. The largest absolute Gasteiger partial charge is 0.326 e. The number of amides is 1. The van der Waals surface area contributed by atoms with Gasteiger partial charge in [-0.25, -0.2) is 4.98 Å². The lowest BCUT2D eigenvalue weighted by atomic mass is 9.95. The molecule has 0 saturated heterocycles. The molecule has 128 valence electrons. The molecular formula is C19H18ClN3OS. The van der Waals surface area contributed by atoms with Gasteiger partial charge in [-0.05, 0) is 38.1 Å². The van der Waals surface area contributed by atoms with Crippen LogP contribution in [0.2, 0.25) is 0 Å². The highest BCUT2D eigenvalue weighted by molar-refractivity contribution is 7.13. The van der Waals surface area contributed by atoms with Gasteiger partial charge in [-0.2, -0.15) is 0 Å². The zero-order valence-corrected chi connectivity index (χ0v) is 15.6. The molecule has 0 radical (unpaired) electrons. The summed E-state index contributed by atoms with van der Waals surface area (Å²) in [5.74, 6) is 0.162. The van der Waals surface area contributed by atoms with E-state index in [9.17, 15) is 4.79 Å². The lowest BCUT2D eigenvalue weighted by Crippen LogP contribution is -2.32. The number of carbonyl (C=O) groups is 1. The van der Waals surface area contributed by atoms with E-state index in [2.05, 4.69) is 10.3 Å². The van der Waals surface area contributed by atoms with Gasteiger partial charge in [0.25, 0.3) is 0 Å².